The van der Waals surface area contributed by atoms with Crippen LogP contribution in [0.4, 0.5) is 0 Å². The third kappa shape index (κ3) is 5.51. The van der Waals surface area contributed by atoms with Gasteiger partial charge in [-0.1, -0.05) is 51.3 Å². The van der Waals surface area contributed by atoms with Gasteiger partial charge >= 0.3 is 7.12 Å². The van der Waals surface area contributed by atoms with E-state index in [9.17, 15) is 19.7 Å². The maximum Gasteiger partial charge on any atom is 0.455 e. The molecule has 0 unspecified atom stereocenters. The van der Waals surface area contributed by atoms with E-state index in [1.807, 2.05) is 32.9 Å². The van der Waals surface area contributed by atoms with Crippen molar-refractivity contribution in [1.82, 2.24) is 4.90 Å². The molecule has 0 saturated carbocycles. The Labute approximate surface area is 228 Å². The van der Waals surface area contributed by atoms with Gasteiger partial charge in [0.2, 0.25) is 11.8 Å². The highest BCUT2D eigenvalue weighted by molar-refractivity contribution is 6.43. The number of allylic oxidation sites excluding steroid dienone is 2. The summed E-state index contributed by atoms with van der Waals surface area (Å²) in [5.41, 5.74) is 6.52. The third-order valence-electron chi connectivity index (χ3n) is 8.66. The van der Waals surface area contributed by atoms with E-state index in [2.05, 4.69) is 26.8 Å². The van der Waals surface area contributed by atoms with E-state index in [-0.39, 0.29) is 41.6 Å². The molecule has 1 aromatic rings. The fraction of sp³-hybridized carbons (Fsp3) is 0.613. The highest BCUT2D eigenvalue weighted by atomic mass is 16.5. The minimum absolute atomic E-state index is 0.0377. The summed E-state index contributed by atoms with van der Waals surface area (Å²) >= 11 is 0. The molecule has 2 fully saturated rings. The molecule has 2 saturated heterocycles. The normalized spacial score (nSPS) is 25.9. The van der Waals surface area contributed by atoms with Crippen molar-refractivity contribution in [3.8, 4) is 5.75 Å². The molecule has 1 aliphatic carbocycles. The number of rotatable bonds is 9. The van der Waals surface area contributed by atoms with Crippen LogP contribution < -0.4 is 0 Å². The van der Waals surface area contributed by atoms with Crippen LogP contribution in [0.15, 0.2) is 28.9 Å². The molecular formula is C31H44BNO5. The predicted molar refractivity (Wildman–Crippen MR) is 151 cm³/mol. The summed E-state index contributed by atoms with van der Waals surface area (Å²) in [6.07, 6.45) is 7.19. The van der Waals surface area contributed by atoms with Gasteiger partial charge in [-0.2, -0.15) is 0 Å². The van der Waals surface area contributed by atoms with Gasteiger partial charge in [-0.15, -0.1) is 0 Å². The van der Waals surface area contributed by atoms with E-state index < -0.39 is 7.12 Å². The monoisotopic (exact) mass is 521 g/mol. The number of imide groups is 1. The Morgan fingerprint density at radius 2 is 1.79 bits per heavy atom. The largest absolute Gasteiger partial charge is 0.507 e. The number of phenolic OH excluding ortho intramolecular Hbond substituents is 1. The van der Waals surface area contributed by atoms with E-state index in [0.717, 1.165) is 48.8 Å². The van der Waals surface area contributed by atoms with Crippen molar-refractivity contribution < 1.29 is 24.4 Å². The van der Waals surface area contributed by atoms with Gasteiger partial charge in [0, 0.05) is 6.54 Å². The first-order chi connectivity index (χ1) is 18.1. The second-order valence-electron chi connectivity index (χ2n) is 11.8. The van der Waals surface area contributed by atoms with Crippen LogP contribution >= 0.6 is 0 Å². The highest BCUT2D eigenvalue weighted by Gasteiger charge is 2.57. The Hall–Kier alpha value is -2.38. The number of amides is 2. The summed E-state index contributed by atoms with van der Waals surface area (Å²) in [7, 11) is -0.940. The average molecular weight is 522 g/mol. The van der Waals surface area contributed by atoms with Gasteiger partial charge in [-0.3, -0.25) is 14.5 Å². The zero-order valence-corrected chi connectivity index (χ0v) is 23.9. The van der Waals surface area contributed by atoms with Crippen LogP contribution in [0.1, 0.15) is 82.9 Å². The Morgan fingerprint density at radius 1 is 1.11 bits per heavy atom. The van der Waals surface area contributed by atoms with Crippen LogP contribution in [-0.2, 0) is 14.2 Å². The molecule has 0 bridgehead atoms. The molecule has 4 atom stereocenters. The lowest BCUT2D eigenvalue weighted by molar-refractivity contribution is -0.140. The molecule has 4 rings (SSSR count). The van der Waals surface area contributed by atoms with Gasteiger partial charge in [0.25, 0.3) is 0 Å². The van der Waals surface area contributed by atoms with Crippen molar-refractivity contribution in [1.29, 1.82) is 0 Å². The summed E-state index contributed by atoms with van der Waals surface area (Å²) in [5.74, 6) is -0.375. The van der Waals surface area contributed by atoms with Gasteiger partial charge < -0.3 is 14.8 Å². The number of nitrogens with zero attached hydrogens (tertiary/aromatic N) is 1. The van der Waals surface area contributed by atoms with Gasteiger partial charge in [0.1, 0.15) is 5.75 Å². The van der Waals surface area contributed by atoms with Crippen LogP contribution in [0.5, 0.6) is 5.75 Å². The molecule has 2 amide bonds. The first-order valence-electron chi connectivity index (χ1n) is 14.5. The molecule has 7 heteroatoms. The zero-order chi connectivity index (χ0) is 27.7. The second kappa shape index (κ2) is 11.8. The minimum Gasteiger partial charge on any atom is -0.507 e. The lowest BCUT2D eigenvalue weighted by atomic mass is 9.57. The number of aryl methyl sites for hydroxylation is 2. The minimum atomic E-state index is -0.940. The molecule has 0 aromatic heterocycles. The van der Waals surface area contributed by atoms with Crippen molar-refractivity contribution in [2.24, 2.45) is 23.7 Å². The van der Waals surface area contributed by atoms with Crippen LogP contribution in [0, 0.1) is 37.5 Å². The summed E-state index contributed by atoms with van der Waals surface area (Å²) in [6.45, 7) is 12.8. The predicted octanol–water partition coefficient (Wildman–Crippen LogP) is 5.84. The van der Waals surface area contributed by atoms with E-state index in [1.165, 1.54) is 21.6 Å². The molecule has 2 N–H and O–H groups in total. The molecule has 2 aliphatic heterocycles. The van der Waals surface area contributed by atoms with E-state index in [1.54, 1.807) is 0 Å². The van der Waals surface area contributed by atoms with E-state index in [4.69, 9.17) is 4.65 Å². The van der Waals surface area contributed by atoms with Crippen molar-refractivity contribution in [3.63, 3.8) is 0 Å². The average Bonchev–Trinajstić information content (AvgIpc) is 3.10. The molecule has 1 aromatic carbocycles. The summed E-state index contributed by atoms with van der Waals surface area (Å²) < 4.78 is 6.18. The Kier molecular flexibility index (Phi) is 8.88. The molecule has 0 spiro atoms. The van der Waals surface area contributed by atoms with Crippen molar-refractivity contribution in [2.45, 2.75) is 92.5 Å². The lowest BCUT2D eigenvalue weighted by Gasteiger charge is -2.44. The van der Waals surface area contributed by atoms with Gasteiger partial charge in [0.15, 0.2) is 0 Å². The number of hydrogen-bond acceptors (Lipinski definition) is 5. The topological polar surface area (TPSA) is 87.1 Å². The summed E-state index contributed by atoms with van der Waals surface area (Å²) in [5, 5.41) is 21.0. The molecule has 2 heterocycles. The molecule has 38 heavy (non-hydrogen) atoms. The quantitative estimate of drug-likeness (QED) is 0.242. The maximum atomic E-state index is 13.5. The summed E-state index contributed by atoms with van der Waals surface area (Å²) in [6, 6.07) is 4.03. The number of aromatic hydroxyl groups is 1. The number of hydrogen-bond donors (Lipinski definition) is 2. The standard InChI is InChI=1S/C31H44BNO5/c1-7-9-21(15-22-13-19(5)29(34)20(6)14-22)10-11-26-27-23(18(3)4)16-24-28(25(27)17-32(37)38-26)31(36)33(12-8-2)30(24)35/h13-15,18,24-26,28,34,37H,7-12,16-17H2,1-6H3/b21-15+/t24-,25+,26-,28-/m1/s1. The van der Waals surface area contributed by atoms with Gasteiger partial charge in [-0.25, -0.2) is 0 Å². The third-order valence-corrected chi connectivity index (χ3v) is 8.66. The number of benzene rings is 1. The Morgan fingerprint density at radius 3 is 2.39 bits per heavy atom. The Balaban J connectivity index is 1.64. The molecule has 0 radical (unpaired) electrons. The SMILES string of the molecule is CCC/C(=C\c1cc(C)c(O)c(C)c1)CC[C@H]1OB(O)C[C@H]2C1=C(C(C)C)C[C@H]1C(=O)N(CCC)C(=O)[C@H]12. The number of likely N-dealkylation sites (tertiary alicyclic amines) is 1. The number of carbonyl (C=O) groups is 2. The van der Waals surface area contributed by atoms with Crippen LogP contribution in [0.25, 0.3) is 6.08 Å². The van der Waals surface area contributed by atoms with Crippen molar-refractivity contribution in [2.75, 3.05) is 6.54 Å². The van der Waals surface area contributed by atoms with Crippen LogP contribution in [-0.4, -0.2) is 46.6 Å². The smallest absolute Gasteiger partial charge is 0.455 e. The van der Waals surface area contributed by atoms with Gasteiger partial charge in [-0.05, 0) is 98.5 Å². The number of fused-ring (bicyclic) bond motifs is 3. The van der Waals surface area contributed by atoms with Crippen molar-refractivity contribution in [3.05, 3.63) is 45.5 Å². The fourth-order valence-electron chi connectivity index (χ4n) is 6.97. The molecular weight excluding hydrogens is 477 g/mol. The molecule has 6 nitrogen and oxygen atoms in total. The fourth-order valence-corrected chi connectivity index (χ4v) is 6.97. The van der Waals surface area contributed by atoms with Crippen LogP contribution in [0.3, 0.4) is 0 Å². The molecule has 3 aliphatic rings. The van der Waals surface area contributed by atoms with E-state index >= 15 is 0 Å². The Bertz CT molecular complexity index is 1120. The van der Waals surface area contributed by atoms with Gasteiger partial charge in [0.05, 0.1) is 17.9 Å². The van der Waals surface area contributed by atoms with Crippen LogP contribution in [0.2, 0.25) is 6.32 Å². The zero-order valence-electron chi connectivity index (χ0n) is 23.9. The second-order valence-corrected chi connectivity index (χ2v) is 11.8. The highest BCUT2D eigenvalue weighted by Crippen LogP contribution is 2.52. The first-order valence-corrected chi connectivity index (χ1v) is 14.5. The lowest BCUT2D eigenvalue weighted by Crippen LogP contribution is -2.46. The summed E-state index contributed by atoms with van der Waals surface area (Å²) in [4.78, 5) is 28.2. The number of carbonyl (C=O) groups excluding carboxylic acids is 2. The maximum absolute atomic E-state index is 13.5. The first kappa shape index (κ1) is 28.6. The van der Waals surface area contributed by atoms with E-state index in [0.29, 0.717) is 25.0 Å². The van der Waals surface area contributed by atoms with Crippen molar-refractivity contribution >= 4 is 25.0 Å². The molecule has 206 valence electrons. The number of phenols is 1.